The molecule has 1 N–H and O–H groups in total. The van der Waals surface area contributed by atoms with E-state index in [9.17, 15) is 4.79 Å². The molecule has 0 heterocycles. The monoisotopic (exact) mass is 363 g/mol. The number of aryl methyl sites for hydroxylation is 1. The van der Waals surface area contributed by atoms with Crippen molar-refractivity contribution in [1.82, 2.24) is 5.32 Å². The van der Waals surface area contributed by atoms with Gasteiger partial charge in [-0.3, -0.25) is 4.79 Å². The Morgan fingerprint density at radius 1 is 1.21 bits per heavy atom. The first-order valence-corrected chi connectivity index (χ1v) is 9.23. The summed E-state index contributed by atoms with van der Waals surface area (Å²) < 4.78 is 5.35. The van der Waals surface area contributed by atoms with Crippen molar-refractivity contribution in [1.29, 1.82) is 0 Å². The van der Waals surface area contributed by atoms with E-state index in [4.69, 9.17) is 16.3 Å². The minimum atomic E-state index is 0.0723. The summed E-state index contributed by atoms with van der Waals surface area (Å²) in [5.74, 6) is 1.69. The van der Waals surface area contributed by atoms with E-state index in [0.717, 1.165) is 33.4 Å². The number of benzene rings is 2. The van der Waals surface area contributed by atoms with Crippen LogP contribution in [0.4, 0.5) is 0 Å². The molecular formula is C19H22ClNO2S. The highest BCUT2D eigenvalue weighted by molar-refractivity contribution is 7.99. The van der Waals surface area contributed by atoms with E-state index in [1.807, 2.05) is 36.4 Å². The summed E-state index contributed by atoms with van der Waals surface area (Å²) >= 11 is 7.51. The maximum absolute atomic E-state index is 11.9. The van der Waals surface area contributed by atoms with Crippen LogP contribution in [0.3, 0.4) is 0 Å². The molecule has 0 atom stereocenters. The van der Waals surface area contributed by atoms with Crippen LogP contribution in [-0.2, 0) is 11.2 Å². The largest absolute Gasteiger partial charge is 0.496 e. The average molecular weight is 364 g/mol. The van der Waals surface area contributed by atoms with E-state index in [1.165, 1.54) is 5.56 Å². The van der Waals surface area contributed by atoms with E-state index in [2.05, 4.69) is 18.3 Å². The number of nitrogens with one attached hydrogen (secondary N) is 1. The first kappa shape index (κ1) is 18.7. The average Bonchev–Trinajstić information content (AvgIpc) is 2.57. The molecule has 1 amide bonds. The van der Waals surface area contributed by atoms with Gasteiger partial charge >= 0.3 is 0 Å². The minimum Gasteiger partial charge on any atom is -0.496 e. The van der Waals surface area contributed by atoms with Gasteiger partial charge in [0.2, 0.25) is 5.91 Å². The maximum atomic E-state index is 11.9. The van der Waals surface area contributed by atoms with Gasteiger partial charge in [0.25, 0.3) is 0 Å². The van der Waals surface area contributed by atoms with Gasteiger partial charge in [-0.2, -0.15) is 0 Å². The van der Waals surface area contributed by atoms with Crippen molar-refractivity contribution < 1.29 is 9.53 Å². The number of hydrogen-bond acceptors (Lipinski definition) is 3. The highest BCUT2D eigenvalue weighted by atomic mass is 35.5. The van der Waals surface area contributed by atoms with Gasteiger partial charge in [0.15, 0.2) is 0 Å². The van der Waals surface area contributed by atoms with Gasteiger partial charge in [-0.1, -0.05) is 29.3 Å². The number of thioether (sulfide) groups is 1. The van der Waals surface area contributed by atoms with Gasteiger partial charge < -0.3 is 10.1 Å². The van der Waals surface area contributed by atoms with Crippen molar-refractivity contribution in [2.45, 2.75) is 24.7 Å². The zero-order chi connectivity index (χ0) is 17.4. The zero-order valence-electron chi connectivity index (χ0n) is 14.0. The molecule has 0 bridgehead atoms. The van der Waals surface area contributed by atoms with E-state index >= 15 is 0 Å². The van der Waals surface area contributed by atoms with E-state index in [1.54, 1.807) is 18.9 Å². The number of methoxy groups -OCH3 is 1. The van der Waals surface area contributed by atoms with Crippen molar-refractivity contribution in [3.8, 4) is 5.75 Å². The van der Waals surface area contributed by atoms with Crippen LogP contribution < -0.4 is 10.1 Å². The van der Waals surface area contributed by atoms with Crippen LogP contribution >= 0.6 is 23.4 Å². The number of ether oxygens (including phenoxy) is 1. The van der Waals surface area contributed by atoms with Crippen molar-refractivity contribution >= 4 is 29.3 Å². The number of carbonyl (C=O) groups is 1. The van der Waals surface area contributed by atoms with Crippen LogP contribution in [-0.4, -0.2) is 25.3 Å². The molecule has 2 aromatic rings. The number of carbonyl (C=O) groups excluding carboxylic acids is 1. The van der Waals surface area contributed by atoms with E-state index in [0.29, 0.717) is 13.0 Å². The van der Waals surface area contributed by atoms with Crippen molar-refractivity contribution in [3.05, 3.63) is 58.6 Å². The molecule has 0 aliphatic carbocycles. The Morgan fingerprint density at radius 2 is 1.96 bits per heavy atom. The first-order chi connectivity index (χ1) is 11.6. The fourth-order valence-electron chi connectivity index (χ4n) is 2.32. The van der Waals surface area contributed by atoms with Crippen LogP contribution in [0.5, 0.6) is 5.75 Å². The molecule has 2 rings (SSSR count). The number of halogens is 1. The summed E-state index contributed by atoms with van der Waals surface area (Å²) in [5, 5.41) is 3.69. The van der Waals surface area contributed by atoms with Gasteiger partial charge in [0.1, 0.15) is 5.75 Å². The second kappa shape index (κ2) is 9.60. The number of amides is 1. The molecule has 24 heavy (non-hydrogen) atoms. The SMILES string of the molecule is COc1ccc(C)cc1CCNC(=O)CCSc1ccc(Cl)cc1. The fourth-order valence-corrected chi connectivity index (χ4v) is 3.30. The molecule has 5 heteroatoms. The molecular weight excluding hydrogens is 342 g/mol. The van der Waals surface area contributed by atoms with Crippen molar-refractivity contribution in [3.63, 3.8) is 0 Å². The molecule has 2 aromatic carbocycles. The normalized spacial score (nSPS) is 10.5. The lowest BCUT2D eigenvalue weighted by atomic mass is 10.1. The Labute approximate surface area is 152 Å². The Balaban J connectivity index is 1.70. The Hall–Kier alpha value is -1.65. The number of hydrogen-bond donors (Lipinski definition) is 1. The van der Waals surface area contributed by atoms with E-state index in [-0.39, 0.29) is 5.91 Å². The fraction of sp³-hybridized carbons (Fsp3) is 0.316. The van der Waals surface area contributed by atoms with Crippen LogP contribution in [0.25, 0.3) is 0 Å². The highest BCUT2D eigenvalue weighted by Gasteiger charge is 2.05. The van der Waals surface area contributed by atoms with Crippen molar-refractivity contribution in [2.24, 2.45) is 0 Å². The molecule has 0 saturated heterocycles. The van der Waals surface area contributed by atoms with Gasteiger partial charge in [-0.15, -0.1) is 11.8 Å². The lowest BCUT2D eigenvalue weighted by Crippen LogP contribution is -2.26. The highest BCUT2D eigenvalue weighted by Crippen LogP contribution is 2.21. The Morgan fingerprint density at radius 3 is 2.67 bits per heavy atom. The Kier molecular flexibility index (Phi) is 7.47. The minimum absolute atomic E-state index is 0.0723. The second-order valence-corrected chi connectivity index (χ2v) is 7.07. The quantitative estimate of drug-likeness (QED) is 0.702. The third-order valence-corrected chi connectivity index (χ3v) is 4.83. The summed E-state index contributed by atoms with van der Waals surface area (Å²) in [6.45, 7) is 2.67. The zero-order valence-corrected chi connectivity index (χ0v) is 15.5. The second-order valence-electron chi connectivity index (χ2n) is 5.47. The summed E-state index contributed by atoms with van der Waals surface area (Å²) in [5.41, 5.74) is 2.31. The van der Waals surface area contributed by atoms with Crippen LogP contribution in [0.2, 0.25) is 5.02 Å². The molecule has 0 aromatic heterocycles. The molecule has 0 radical (unpaired) electrons. The predicted molar refractivity (Wildman–Crippen MR) is 101 cm³/mol. The standard InChI is InChI=1S/C19H22ClNO2S/c1-14-3-8-18(23-2)15(13-14)9-11-21-19(22)10-12-24-17-6-4-16(20)5-7-17/h3-8,13H,9-12H2,1-2H3,(H,21,22). The third-order valence-electron chi connectivity index (χ3n) is 3.56. The smallest absolute Gasteiger partial charge is 0.220 e. The van der Waals surface area contributed by atoms with E-state index < -0.39 is 0 Å². The molecule has 0 aliphatic rings. The third kappa shape index (κ3) is 6.10. The molecule has 0 spiro atoms. The summed E-state index contributed by atoms with van der Waals surface area (Å²) in [6.07, 6.45) is 1.26. The Bertz CT molecular complexity index is 674. The van der Waals surface area contributed by atoms with Gasteiger partial charge in [-0.05, 0) is 49.2 Å². The van der Waals surface area contributed by atoms with Gasteiger partial charge in [0.05, 0.1) is 7.11 Å². The van der Waals surface area contributed by atoms with Crippen LogP contribution in [0, 0.1) is 6.92 Å². The lowest BCUT2D eigenvalue weighted by Gasteiger charge is -2.10. The van der Waals surface area contributed by atoms with Gasteiger partial charge in [-0.25, -0.2) is 0 Å². The molecule has 128 valence electrons. The van der Waals surface area contributed by atoms with Crippen LogP contribution in [0.15, 0.2) is 47.4 Å². The van der Waals surface area contributed by atoms with Crippen molar-refractivity contribution in [2.75, 3.05) is 19.4 Å². The molecule has 3 nitrogen and oxygen atoms in total. The lowest BCUT2D eigenvalue weighted by molar-refractivity contribution is -0.120. The molecule has 0 fully saturated rings. The molecule has 0 aliphatic heterocycles. The molecule has 0 saturated carbocycles. The predicted octanol–water partition coefficient (Wildman–Crippen LogP) is 4.50. The summed E-state index contributed by atoms with van der Waals surface area (Å²) in [7, 11) is 1.67. The van der Waals surface area contributed by atoms with Crippen LogP contribution in [0.1, 0.15) is 17.5 Å². The first-order valence-electron chi connectivity index (χ1n) is 7.87. The maximum Gasteiger partial charge on any atom is 0.220 e. The molecule has 0 unspecified atom stereocenters. The number of rotatable bonds is 8. The topological polar surface area (TPSA) is 38.3 Å². The summed E-state index contributed by atoms with van der Waals surface area (Å²) in [4.78, 5) is 13.0. The summed E-state index contributed by atoms with van der Waals surface area (Å²) in [6, 6.07) is 13.7. The van der Waals surface area contributed by atoms with Gasteiger partial charge in [0, 0.05) is 28.6 Å².